The van der Waals surface area contributed by atoms with E-state index in [1.807, 2.05) is 42.0 Å². The minimum atomic E-state index is -0.283. The SMILES string of the molecule is C=CCN=c1scc(-c2ccccc2F)n1N=Cc1ccc(SC)cc1. The average molecular weight is 384 g/mol. The predicted molar refractivity (Wildman–Crippen MR) is 110 cm³/mol. The maximum Gasteiger partial charge on any atom is 0.206 e. The first kappa shape index (κ1) is 18.4. The molecule has 0 unspecified atom stereocenters. The van der Waals surface area contributed by atoms with Gasteiger partial charge in [0.1, 0.15) is 5.82 Å². The Balaban J connectivity index is 2.05. The monoisotopic (exact) mass is 383 g/mol. The highest BCUT2D eigenvalue weighted by Crippen LogP contribution is 2.23. The molecule has 0 spiro atoms. The summed E-state index contributed by atoms with van der Waals surface area (Å²) in [4.78, 5) is 6.35. The number of aromatic nitrogens is 1. The molecule has 26 heavy (non-hydrogen) atoms. The first-order chi connectivity index (χ1) is 12.7. The molecular formula is C20H18FN3S2. The van der Waals surface area contributed by atoms with Crippen LogP contribution in [0.15, 0.2) is 81.6 Å². The van der Waals surface area contributed by atoms with Crippen LogP contribution in [0.2, 0.25) is 0 Å². The number of nitrogens with zero attached hydrogens (tertiary/aromatic N) is 3. The van der Waals surface area contributed by atoms with Gasteiger partial charge in [0.25, 0.3) is 0 Å². The molecule has 0 fully saturated rings. The van der Waals surface area contributed by atoms with Crippen LogP contribution in [0.4, 0.5) is 4.39 Å². The highest BCUT2D eigenvalue weighted by molar-refractivity contribution is 7.98. The summed E-state index contributed by atoms with van der Waals surface area (Å²) < 4.78 is 15.9. The Labute approximate surface area is 160 Å². The van der Waals surface area contributed by atoms with Crippen LogP contribution in [0, 0.1) is 5.82 Å². The van der Waals surface area contributed by atoms with Crippen LogP contribution in [0.25, 0.3) is 11.3 Å². The van der Waals surface area contributed by atoms with Crippen molar-refractivity contribution in [2.75, 3.05) is 12.8 Å². The zero-order chi connectivity index (χ0) is 18.4. The summed E-state index contributed by atoms with van der Waals surface area (Å²) in [5.41, 5.74) is 2.14. The van der Waals surface area contributed by atoms with Crippen molar-refractivity contribution < 1.29 is 4.39 Å². The van der Waals surface area contributed by atoms with Crippen LogP contribution in [0.1, 0.15) is 5.56 Å². The number of benzene rings is 2. The van der Waals surface area contributed by atoms with E-state index in [0.29, 0.717) is 22.6 Å². The third-order valence-corrected chi connectivity index (χ3v) is 5.23. The number of hydrogen-bond donors (Lipinski definition) is 0. The largest absolute Gasteiger partial charge is 0.253 e. The molecule has 0 amide bonds. The molecule has 0 aliphatic heterocycles. The summed E-state index contributed by atoms with van der Waals surface area (Å²) in [5, 5.41) is 6.43. The van der Waals surface area contributed by atoms with Crippen LogP contribution in [0.5, 0.6) is 0 Å². The molecule has 0 atom stereocenters. The van der Waals surface area contributed by atoms with Gasteiger partial charge in [0.15, 0.2) is 0 Å². The van der Waals surface area contributed by atoms with Gasteiger partial charge in [0.05, 0.1) is 18.5 Å². The zero-order valence-corrected chi connectivity index (χ0v) is 15.9. The Kier molecular flexibility index (Phi) is 6.20. The molecule has 3 nitrogen and oxygen atoms in total. The Bertz CT molecular complexity index is 985. The molecule has 2 aromatic carbocycles. The van der Waals surface area contributed by atoms with Crippen molar-refractivity contribution in [1.82, 2.24) is 4.68 Å². The lowest BCUT2D eigenvalue weighted by Gasteiger charge is -2.04. The van der Waals surface area contributed by atoms with Crippen LogP contribution in [0.3, 0.4) is 0 Å². The molecule has 0 saturated carbocycles. The van der Waals surface area contributed by atoms with Crippen molar-refractivity contribution in [3.63, 3.8) is 0 Å². The van der Waals surface area contributed by atoms with Gasteiger partial charge in [-0.15, -0.1) is 29.7 Å². The van der Waals surface area contributed by atoms with Crippen LogP contribution < -0.4 is 4.80 Å². The Morgan fingerprint density at radius 3 is 2.65 bits per heavy atom. The van der Waals surface area contributed by atoms with Crippen molar-refractivity contribution in [3.05, 3.63) is 82.7 Å². The third-order valence-electron chi connectivity index (χ3n) is 3.63. The zero-order valence-electron chi connectivity index (χ0n) is 14.3. The van der Waals surface area contributed by atoms with E-state index < -0.39 is 0 Å². The lowest BCUT2D eigenvalue weighted by atomic mass is 10.1. The van der Waals surface area contributed by atoms with Crippen molar-refractivity contribution >= 4 is 29.3 Å². The molecule has 0 saturated heterocycles. The van der Waals surface area contributed by atoms with E-state index in [9.17, 15) is 4.39 Å². The van der Waals surface area contributed by atoms with Crippen molar-refractivity contribution in [2.24, 2.45) is 10.1 Å². The van der Waals surface area contributed by atoms with Gasteiger partial charge in [-0.2, -0.15) is 5.10 Å². The second-order valence-electron chi connectivity index (χ2n) is 5.34. The molecule has 132 valence electrons. The van der Waals surface area contributed by atoms with Gasteiger partial charge >= 0.3 is 0 Å². The topological polar surface area (TPSA) is 29.6 Å². The van der Waals surface area contributed by atoms with Gasteiger partial charge in [-0.3, -0.25) is 4.99 Å². The van der Waals surface area contributed by atoms with Crippen LogP contribution in [-0.2, 0) is 0 Å². The lowest BCUT2D eigenvalue weighted by molar-refractivity contribution is 0.629. The van der Waals surface area contributed by atoms with Crippen molar-refractivity contribution in [2.45, 2.75) is 4.90 Å². The summed E-state index contributed by atoms with van der Waals surface area (Å²) in [7, 11) is 0. The Hall–Kier alpha value is -2.44. The quantitative estimate of drug-likeness (QED) is 0.333. The molecule has 0 bridgehead atoms. The number of thioether (sulfide) groups is 1. The molecule has 3 aromatic rings. The van der Waals surface area contributed by atoms with Gasteiger partial charge in [0.2, 0.25) is 4.80 Å². The van der Waals surface area contributed by atoms with E-state index in [4.69, 9.17) is 0 Å². The van der Waals surface area contributed by atoms with E-state index >= 15 is 0 Å². The molecule has 6 heteroatoms. The fourth-order valence-electron chi connectivity index (χ4n) is 2.33. The van der Waals surface area contributed by atoms with E-state index in [1.165, 1.54) is 22.3 Å². The van der Waals surface area contributed by atoms with Gasteiger partial charge in [-0.1, -0.05) is 30.3 Å². The molecule has 0 aliphatic rings. The van der Waals surface area contributed by atoms with Gasteiger partial charge in [-0.25, -0.2) is 9.07 Å². The number of hydrogen-bond acceptors (Lipinski definition) is 4. The third kappa shape index (κ3) is 4.20. The predicted octanol–water partition coefficient (Wildman–Crippen LogP) is 5.05. The second kappa shape index (κ2) is 8.78. The lowest BCUT2D eigenvalue weighted by Crippen LogP contribution is -2.12. The molecular weight excluding hydrogens is 365 g/mol. The van der Waals surface area contributed by atoms with E-state index in [0.717, 1.165) is 5.56 Å². The first-order valence-electron chi connectivity index (χ1n) is 7.98. The molecule has 0 aliphatic carbocycles. The number of rotatable bonds is 6. The standard InChI is InChI=1S/C20H18FN3S2/c1-3-12-22-20-24(23-13-15-8-10-16(25-2)11-9-15)19(14-26-20)17-6-4-5-7-18(17)21/h3-11,13-14H,1,12H2,2H3. The molecule has 1 heterocycles. The van der Waals surface area contributed by atoms with Crippen molar-refractivity contribution in [3.8, 4) is 11.3 Å². The summed E-state index contributed by atoms with van der Waals surface area (Å²) in [6.45, 7) is 4.18. The first-order valence-corrected chi connectivity index (χ1v) is 10.1. The highest BCUT2D eigenvalue weighted by atomic mass is 32.2. The average Bonchev–Trinajstić information content (AvgIpc) is 3.08. The molecule has 3 rings (SSSR count). The summed E-state index contributed by atoms with van der Waals surface area (Å²) >= 11 is 3.12. The maximum atomic E-state index is 14.3. The summed E-state index contributed by atoms with van der Waals surface area (Å²) in [6, 6.07) is 14.8. The molecule has 1 aromatic heterocycles. The minimum absolute atomic E-state index is 0.283. The molecule has 0 radical (unpaired) electrons. The van der Waals surface area contributed by atoms with Crippen LogP contribution >= 0.6 is 23.1 Å². The fourth-order valence-corrected chi connectivity index (χ4v) is 3.58. The maximum absolute atomic E-state index is 14.3. The number of thiazole rings is 1. The smallest absolute Gasteiger partial charge is 0.206 e. The molecule has 0 N–H and O–H groups in total. The van der Waals surface area contributed by atoms with E-state index in [-0.39, 0.29) is 5.82 Å². The van der Waals surface area contributed by atoms with Crippen LogP contribution in [-0.4, -0.2) is 23.7 Å². The Morgan fingerprint density at radius 1 is 1.19 bits per heavy atom. The number of halogens is 1. The summed E-state index contributed by atoms with van der Waals surface area (Å²) in [6.07, 6.45) is 5.52. The van der Waals surface area contributed by atoms with Gasteiger partial charge in [0, 0.05) is 15.8 Å². The van der Waals surface area contributed by atoms with Crippen molar-refractivity contribution in [1.29, 1.82) is 0 Å². The Morgan fingerprint density at radius 2 is 1.96 bits per heavy atom. The highest BCUT2D eigenvalue weighted by Gasteiger charge is 2.11. The van der Waals surface area contributed by atoms with Gasteiger partial charge < -0.3 is 0 Å². The van der Waals surface area contributed by atoms with Gasteiger partial charge in [-0.05, 0) is 36.1 Å². The van der Waals surface area contributed by atoms with E-state index in [1.54, 1.807) is 40.9 Å². The second-order valence-corrected chi connectivity index (χ2v) is 7.06. The summed E-state index contributed by atoms with van der Waals surface area (Å²) in [5.74, 6) is -0.283. The normalized spacial score (nSPS) is 12.0. The minimum Gasteiger partial charge on any atom is -0.253 e. The van der Waals surface area contributed by atoms with E-state index in [2.05, 4.69) is 16.7 Å². The fraction of sp³-hybridized carbons (Fsp3) is 0.100.